The number of thiophene rings is 1. The Morgan fingerprint density at radius 1 is 1.30 bits per heavy atom. The molecule has 0 spiro atoms. The third-order valence-electron chi connectivity index (χ3n) is 6.10. The van der Waals surface area contributed by atoms with Gasteiger partial charge in [-0.15, -0.1) is 15.7 Å². The zero-order valence-corrected chi connectivity index (χ0v) is 22.8. The van der Waals surface area contributed by atoms with Gasteiger partial charge in [-0.2, -0.15) is 8.42 Å². The molecule has 1 aromatic heterocycles. The van der Waals surface area contributed by atoms with Crippen molar-refractivity contribution in [2.45, 2.75) is 37.0 Å². The summed E-state index contributed by atoms with van der Waals surface area (Å²) >= 11 is 0.870. The highest BCUT2D eigenvalue weighted by Gasteiger charge is 2.55. The Morgan fingerprint density at radius 3 is 2.59 bits per heavy atom. The molecule has 0 saturated heterocycles. The van der Waals surface area contributed by atoms with Crippen molar-refractivity contribution < 1.29 is 36.3 Å². The number of nitrogens with one attached hydrogen (secondary N) is 2. The zero-order chi connectivity index (χ0) is 27.3. The lowest BCUT2D eigenvalue weighted by molar-refractivity contribution is -0.151. The van der Waals surface area contributed by atoms with Crippen LogP contribution in [0.25, 0.3) is 5.76 Å². The topological polar surface area (TPSA) is 168 Å². The van der Waals surface area contributed by atoms with Crippen LogP contribution < -0.4 is 10.0 Å². The van der Waals surface area contributed by atoms with E-state index in [1.54, 1.807) is 18.2 Å². The molecule has 0 radical (unpaired) electrons. The van der Waals surface area contributed by atoms with Gasteiger partial charge in [-0.25, -0.2) is 8.42 Å². The number of hydrogen-bond donors (Lipinski definition) is 3. The van der Waals surface area contributed by atoms with Crippen molar-refractivity contribution in [3.8, 4) is 0 Å². The molecular weight excluding hydrogens is 542 g/mol. The minimum atomic E-state index is -4.52. The number of anilines is 2. The summed E-state index contributed by atoms with van der Waals surface area (Å²) in [5, 5.41) is 15.2. The number of ketones is 1. The normalized spacial score (nSPS) is 20.6. The summed E-state index contributed by atoms with van der Waals surface area (Å²) in [6, 6.07) is 6.32. The highest BCUT2D eigenvalue weighted by molar-refractivity contribution is 7.92. The van der Waals surface area contributed by atoms with E-state index in [1.165, 1.54) is 11.4 Å². The van der Waals surface area contributed by atoms with Crippen LogP contribution in [-0.2, 0) is 39.8 Å². The van der Waals surface area contributed by atoms with E-state index in [0.717, 1.165) is 24.7 Å². The molecule has 1 aromatic carbocycles. The van der Waals surface area contributed by atoms with Gasteiger partial charge in [-0.3, -0.25) is 14.3 Å². The number of hydrogen-bond acceptors (Lipinski definition) is 10. The maximum Gasteiger partial charge on any atom is 0.324 e. The molecule has 0 fully saturated rings. The van der Waals surface area contributed by atoms with Crippen LogP contribution in [0.4, 0.5) is 10.7 Å². The van der Waals surface area contributed by atoms with Crippen molar-refractivity contribution >= 4 is 65.4 Å². The molecule has 2 heterocycles. The first-order chi connectivity index (χ1) is 17.2. The van der Waals surface area contributed by atoms with Crippen molar-refractivity contribution in [1.82, 2.24) is 0 Å². The van der Waals surface area contributed by atoms with Crippen molar-refractivity contribution in [3.63, 3.8) is 0 Å². The minimum absolute atomic E-state index is 0.00560. The second kappa shape index (κ2) is 9.26. The Hall–Kier alpha value is -3.23. The number of nitrogens with zero attached hydrogens (tertiary/aromatic N) is 1. The van der Waals surface area contributed by atoms with Crippen LogP contribution in [-0.4, -0.2) is 52.9 Å². The second-order valence-corrected chi connectivity index (χ2v) is 13.3. The maximum absolute atomic E-state index is 14.1. The number of sulfonamides is 2. The van der Waals surface area contributed by atoms with Crippen LogP contribution >= 0.6 is 11.3 Å². The monoisotopic (exact) mass is 567 g/mol. The predicted molar refractivity (Wildman–Crippen MR) is 140 cm³/mol. The fraction of sp³-hybridized carbons (Fsp3) is 0.348. The summed E-state index contributed by atoms with van der Waals surface area (Å²) < 4.78 is 60.6. The predicted octanol–water partition coefficient (Wildman–Crippen LogP) is 3.03. The van der Waals surface area contributed by atoms with Crippen LogP contribution in [0.5, 0.6) is 0 Å². The fourth-order valence-corrected chi connectivity index (χ4v) is 7.62. The van der Waals surface area contributed by atoms with E-state index >= 15 is 0 Å². The number of Topliss-reactive ketones (excluding diaryl/α,β-unsaturated/α-hetero) is 1. The highest BCUT2D eigenvalue weighted by Crippen LogP contribution is 2.46. The van der Waals surface area contributed by atoms with Gasteiger partial charge in [-0.1, -0.05) is 38.1 Å². The molecule has 1 atom stereocenters. The third kappa shape index (κ3) is 4.53. The summed E-state index contributed by atoms with van der Waals surface area (Å²) in [5.74, 6) is -2.60. The number of carbonyl (C=O) groups is 2. The quantitative estimate of drug-likeness (QED) is 0.336. The number of methoxy groups -OCH3 is 1. The lowest BCUT2D eigenvalue weighted by Gasteiger charge is -2.36. The highest BCUT2D eigenvalue weighted by atomic mass is 32.2. The van der Waals surface area contributed by atoms with Gasteiger partial charge in [0.1, 0.15) is 21.2 Å². The number of aliphatic hydroxyl groups excluding tert-OH is 1. The average Bonchev–Trinajstić information content (AvgIpc) is 3.20. The third-order valence-corrected chi connectivity index (χ3v) is 9.08. The van der Waals surface area contributed by atoms with Crippen LogP contribution in [0.15, 0.2) is 44.5 Å². The summed E-state index contributed by atoms with van der Waals surface area (Å²) in [7, 11) is -7.16. The summed E-state index contributed by atoms with van der Waals surface area (Å²) in [4.78, 5) is 27.0. The number of rotatable bonds is 7. The van der Waals surface area contributed by atoms with Crippen molar-refractivity contribution in [3.05, 3.63) is 46.3 Å². The van der Waals surface area contributed by atoms with E-state index in [2.05, 4.69) is 14.4 Å². The summed E-state index contributed by atoms with van der Waals surface area (Å²) in [6.45, 7) is 3.86. The average molecular weight is 568 g/mol. The van der Waals surface area contributed by atoms with Crippen LogP contribution in [0.3, 0.4) is 0 Å². The molecular formula is C23H25N3O8S3. The van der Waals surface area contributed by atoms with E-state index in [-0.39, 0.29) is 34.2 Å². The molecule has 198 valence electrons. The number of fused-ring (bicyclic) bond motifs is 2. The molecule has 1 unspecified atom stereocenters. The number of ether oxygens (including phenoxy) is 1. The number of benzene rings is 1. The number of aliphatic hydroxyl groups is 1. The van der Waals surface area contributed by atoms with Crippen molar-refractivity contribution in [2.75, 3.05) is 23.4 Å². The molecule has 0 bridgehead atoms. The Kier molecular flexibility index (Phi) is 6.71. The molecule has 37 heavy (non-hydrogen) atoms. The van der Waals surface area contributed by atoms with E-state index in [4.69, 9.17) is 4.74 Å². The summed E-state index contributed by atoms with van der Waals surface area (Å²) in [5.41, 5.74) is -2.09. The van der Waals surface area contributed by atoms with Crippen LogP contribution in [0.1, 0.15) is 37.8 Å². The first-order valence-electron chi connectivity index (χ1n) is 11.1. The van der Waals surface area contributed by atoms with Crippen LogP contribution in [0, 0.1) is 5.92 Å². The van der Waals surface area contributed by atoms with Gasteiger partial charge in [0.15, 0.2) is 17.0 Å². The van der Waals surface area contributed by atoms with Gasteiger partial charge in [0.05, 0.1) is 19.1 Å². The first kappa shape index (κ1) is 26.8. The number of carbonyl (C=O) groups excluding carboxylic acids is 2. The van der Waals surface area contributed by atoms with Gasteiger partial charge >= 0.3 is 5.97 Å². The molecule has 2 aliphatic rings. The lowest BCUT2D eigenvalue weighted by atomic mass is 9.65. The SMILES string of the molecule is COC(=O)C1(CCC(C)C)C(=O)C(C2=NS(=O)(=O)c3c(NS(C)(=O)=O)csc3N2)=C(O)c2ccccc21. The van der Waals surface area contributed by atoms with E-state index in [1.807, 2.05) is 13.8 Å². The first-order valence-corrected chi connectivity index (χ1v) is 15.3. The van der Waals surface area contributed by atoms with E-state index < -0.39 is 59.3 Å². The van der Waals surface area contributed by atoms with Gasteiger partial charge in [0.25, 0.3) is 10.0 Å². The maximum atomic E-state index is 14.1. The lowest BCUT2D eigenvalue weighted by Crippen LogP contribution is -2.50. The second-order valence-electron chi connectivity index (χ2n) is 9.15. The molecule has 0 amide bonds. The Balaban J connectivity index is 1.93. The zero-order valence-electron chi connectivity index (χ0n) is 20.4. The van der Waals surface area contributed by atoms with E-state index in [0.29, 0.717) is 6.42 Å². The van der Waals surface area contributed by atoms with Crippen molar-refractivity contribution in [2.24, 2.45) is 10.3 Å². The van der Waals surface area contributed by atoms with Gasteiger partial charge in [-0.05, 0) is 24.3 Å². The van der Waals surface area contributed by atoms with Crippen LogP contribution in [0.2, 0.25) is 0 Å². The van der Waals surface area contributed by atoms with Crippen molar-refractivity contribution in [1.29, 1.82) is 0 Å². The Bertz CT molecular complexity index is 1590. The molecule has 3 N–H and O–H groups in total. The summed E-state index contributed by atoms with van der Waals surface area (Å²) in [6.07, 6.45) is 1.38. The standard InChI is InChI=1S/C23H25N3O8S3/c1-12(2)9-10-23(22(29)34-3)14-8-6-5-7-13(14)17(27)16(19(23)28)20-24-21-18(37(32,33)26-20)15(11-35-21)25-36(4,30)31/h5-8,11-12,25,27H,9-10H2,1-4H3,(H,24,26). The van der Waals surface area contributed by atoms with Gasteiger partial charge < -0.3 is 15.2 Å². The number of esters is 1. The molecule has 1 aliphatic carbocycles. The molecule has 4 rings (SSSR count). The largest absolute Gasteiger partial charge is 0.506 e. The molecule has 1 aliphatic heterocycles. The number of amidine groups is 1. The molecule has 2 aromatic rings. The fourth-order valence-electron chi connectivity index (χ4n) is 4.46. The smallest absolute Gasteiger partial charge is 0.324 e. The molecule has 0 saturated carbocycles. The van der Waals surface area contributed by atoms with Gasteiger partial charge in [0.2, 0.25) is 10.0 Å². The molecule has 11 nitrogen and oxygen atoms in total. The minimum Gasteiger partial charge on any atom is -0.506 e. The van der Waals surface area contributed by atoms with Gasteiger partial charge in [0, 0.05) is 10.9 Å². The van der Waals surface area contributed by atoms with E-state index in [9.17, 15) is 31.5 Å². The Labute approximate surface area is 218 Å². The Morgan fingerprint density at radius 2 is 1.97 bits per heavy atom. The molecule has 14 heteroatoms.